The highest BCUT2D eigenvalue weighted by molar-refractivity contribution is 7.13. The number of hydrogen-bond acceptors (Lipinski definition) is 5. The number of ether oxygens (including phenoxy) is 1. The lowest BCUT2D eigenvalue weighted by Gasteiger charge is -2.18. The van der Waals surface area contributed by atoms with Gasteiger partial charge >= 0.3 is 5.97 Å². The van der Waals surface area contributed by atoms with Gasteiger partial charge in [0, 0.05) is 55.8 Å². The smallest absolute Gasteiger partial charge is 0.355 e. The summed E-state index contributed by atoms with van der Waals surface area (Å²) >= 11 is 1.57. The number of nitrogens with zero attached hydrogens (tertiary/aromatic N) is 2. The minimum Gasteiger partial charge on any atom is -0.461 e. The summed E-state index contributed by atoms with van der Waals surface area (Å²) in [7, 11) is 6.76. The van der Waals surface area contributed by atoms with Crippen molar-refractivity contribution in [2.24, 2.45) is 0 Å². The first-order valence-corrected chi connectivity index (χ1v) is 12.1. The van der Waals surface area contributed by atoms with Gasteiger partial charge in [-0.3, -0.25) is 9.59 Å². The molecule has 0 saturated heterocycles. The molecule has 2 aromatic heterocycles. The van der Waals surface area contributed by atoms with Gasteiger partial charge in [-0.05, 0) is 47.0 Å². The van der Waals surface area contributed by atoms with E-state index in [4.69, 9.17) is 4.74 Å². The zero-order chi connectivity index (χ0) is 25.0. The van der Waals surface area contributed by atoms with Crippen LogP contribution in [0.4, 0.5) is 0 Å². The average Bonchev–Trinajstić information content (AvgIpc) is 3.55. The average molecular weight is 488 g/mol. The molecule has 0 bridgehead atoms. The first-order valence-electron chi connectivity index (χ1n) is 11.3. The van der Waals surface area contributed by atoms with Crippen molar-refractivity contribution >= 4 is 39.9 Å². The number of nitrogens with one attached hydrogen (secondary N) is 1. The van der Waals surface area contributed by atoms with Crippen molar-refractivity contribution in [3.8, 4) is 32.8 Å². The van der Waals surface area contributed by atoms with Crippen LogP contribution in [0, 0.1) is 0 Å². The maximum absolute atomic E-state index is 13.2. The third-order valence-corrected chi connectivity index (χ3v) is 7.11. The van der Waals surface area contributed by atoms with Crippen LogP contribution < -0.4 is 0 Å². The van der Waals surface area contributed by atoms with Crippen LogP contribution in [-0.4, -0.2) is 67.4 Å². The predicted molar refractivity (Wildman–Crippen MR) is 138 cm³/mol. The number of fused-ring (bicyclic) bond motifs is 3. The van der Waals surface area contributed by atoms with Crippen LogP contribution in [0.25, 0.3) is 43.6 Å². The first-order chi connectivity index (χ1) is 16.8. The van der Waals surface area contributed by atoms with Gasteiger partial charge in [-0.1, -0.05) is 18.2 Å². The number of aromatic nitrogens is 1. The molecule has 5 rings (SSSR count). The van der Waals surface area contributed by atoms with Gasteiger partial charge in [-0.2, -0.15) is 0 Å². The number of carbonyl (C=O) groups is 3. The van der Waals surface area contributed by atoms with Crippen molar-refractivity contribution in [1.29, 1.82) is 0 Å². The number of carbonyl (C=O) groups excluding carboxylic acids is 3. The van der Waals surface area contributed by atoms with Gasteiger partial charge in [-0.25, -0.2) is 4.79 Å². The number of amides is 2. The van der Waals surface area contributed by atoms with Crippen LogP contribution in [0.5, 0.6) is 0 Å². The Hall–Kier alpha value is -3.91. The number of benzene rings is 2. The molecule has 4 aromatic rings. The zero-order valence-corrected chi connectivity index (χ0v) is 21.0. The Morgan fingerprint density at radius 2 is 1.46 bits per heavy atom. The number of H-pyrrole nitrogens is 1. The number of thiophene rings is 1. The summed E-state index contributed by atoms with van der Waals surface area (Å²) < 4.78 is 5.38. The van der Waals surface area contributed by atoms with Gasteiger partial charge in [0.2, 0.25) is 0 Å². The maximum atomic E-state index is 13.2. The van der Waals surface area contributed by atoms with Gasteiger partial charge in [0.25, 0.3) is 11.8 Å². The molecule has 35 heavy (non-hydrogen) atoms. The van der Waals surface area contributed by atoms with Crippen LogP contribution in [0.1, 0.15) is 38.1 Å². The molecule has 2 heterocycles. The fourth-order valence-corrected chi connectivity index (χ4v) is 5.48. The second kappa shape index (κ2) is 8.39. The summed E-state index contributed by atoms with van der Waals surface area (Å²) in [6, 6.07) is 11.3. The monoisotopic (exact) mass is 487 g/mol. The van der Waals surface area contributed by atoms with Crippen LogP contribution in [0.2, 0.25) is 0 Å². The second-order valence-electron chi connectivity index (χ2n) is 8.79. The van der Waals surface area contributed by atoms with Crippen LogP contribution in [0.3, 0.4) is 0 Å². The largest absolute Gasteiger partial charge is 0.461 e. The molecule has 7 nitrogen and oxygen atoms in total. The molecule has 0 atom stereocenters. The Morgan fingerprint density at radius 3 is 1.97 bits per heavy atom. The molecule has 0 radical (unpaired) electrons. The van der Waals surface area contributed by atoms with E-state index in [0.717, 1.165) is 38.2 Å². The van der Waals surface area contributed by atoms with E-state index in [-0.39, 0.29) is 18.4 Å². The number of hydrogen-bond donors (Lipinski definition) is 1. The van der Waals surface area contributed by atoms with Gasteiger partial charge in [0.15, 0.2) is 0 Å². The maximum Gasteiger partial charge on any atom is 0.355 e. The molecular formula is C27H25N3O4S. The Balaban J connectivity index is 1.91. The third-order valence-electron chi connectivity index (χ3n) is 6.22. The van der Waals surface area contributed by atoms with Gasteiger partial charge < -0.3 is 19.5 Å². The summed E-state index contributed by atoms with van der Waals surface area (Å²) in [5, 5.41) is 3.38. The summed E-state index contributed by atoms with van der Waals surface area (Å²) in [5.74, 6) is -0.821. The quantitative estimate of drug-likeness (QED) is 0.349. The summed E-state index contributed by atoms with van der Waals surface area (Å²) in [6.07, 6.45) is 0. The SMILES string of the molecule is CCOC(=O)c1[nH]c(-c2cccs2)c2c1-c1ccc(C(=O)N(C)C)c3c(C(=O)N(C)C)ccc-2c13. The molecule has 0 aliphatic heterocycles. The minimum absolute atomic E-state index is 0.191. The Morgan fingerprint density at radius 1 is 0.857 bits per heavy atom. The highest BCUT2D eigenvalue weighted by Crippen LogP contribution is 2.54. The van der Waals surface area contributed by atoms with E-state index in [1.165, 1.54) is 9.80 Å². The van der Waals surface area contributed by atoms with Crippen LogP contribution in [0.15, 0.2) is 41.8 Å². The van der Waals surface area contributed by atoms with E-state index >= 15 is 0 Å². The van der Waals surface area contributed by atoms with Gasteiger partial charge in [-0.15, -0.1) is 11.3 Å². The number of aromatic amines is 1. The van der Waals surface area contributed by atoms with Gasteiger partial charge in [0.1, 0.15) is 5.69 Å². The van der Waals surface area contributed by atoms with Crippen molar-refractivity contribution in [2.75, 3.05) is 34.8 Å². The molecule has 0 spiro atoms. The molecule has 178 valence electrons. The van der Waals surface area contributed by atoms with E-state index in [1.54, 1.807) is 58.6 Å². The van der Waals surface area contributed by atoms with Crippen molar-refractivity contribution < 1.29 is 19.1 Å². The molecule has 0 unspecified atom stereocenters. The standard InChI is InChI=1S/C27H25N3O4S/c1-6-34-27(33)24-22-15-10-12-17(26(32)30(4)5)20-16(25(31)29(2)3)11-9-14(19(15)20)21(22)23(28-24)18-8-7-13-35-18/h7-13,28H,6H2,1-5H3. The van der Waals surface area contributed by atoms with Crippen molar-refractivity contribution in [3.63, 3.8) is 0 Å². The Kier molecular flexibility index (Phi) is 5.48. The molecule has 1 aliphatic carbocycles. The first kappa shape index (κ1) is 22.9. The second-order valence-corrected chi connectivity index (χ2v) is 9.74. The van der Waals surface area contributed by atoms with E-state index in [1.807, 2.05) is 29.6 Å². The molecule has 2 aromatic carbocycles. The Bertz CT molecular complexity index is 1490. The molecule has 1 N–H and O–H groups in total. The third kappa shape index (κ3) is 3.36. The van der Waals surface area contributed by atoms with E-state index in [9.17, 15) is 14.4 Å². The van der Waals surface area contributed by atoms with Crippen LogP contribution in [-0.2, 0) is 4.74 Å². The van der Waals surface area contributed by atoms with E-state index in [0.29, 0.717) is 22.2 Å². The molecule has 2 amide bonds. The summed E-state index contributed by atoms with van der Waals surface area (Å²) in [6.45, 7) is 2.02. The lowest BCUT2D eigenvalue weighted by atomic mass is 9.92. The Labute approximate surface area is 206 Å². The summed E-state index contributed by atoms with van der Waals surface area (Å²) in [5.41, 5.74) is 5.40. The minimum atomic E-state index is -0.439. The van der Waals surface area contributed by atoms with E-state index < -0.39 is 5.97 Å². The highest BCUT2D eigenvalue weighted by Gasteiger charge is 2.35. The molecular weight excluding hydrogens is 462 g/mol. The van der Waals surface area contributed by atoms with Gasteiger partial charge in [0.05, 0.1) is 17.2 Å². The van der Waals surface area contributed by atoms with Crippen molar-refractivity contribution in [3.05, 3.63) is 58.6 Å². The fraction of sp³-hybridized carbons (Fsp3) is 0.222. The zero-order valence-electron chi connectivity index (χ0n) is 20.2. The number of rotatable bonds is 5. The summed E-state index contributed by atoms with van der Waals surface area (Å²) in [4.78, 5) is 46.7. The predicted octanol–water partition coefficient (Wildman–Crippen LogP) is 5.12. The normalized spacial score (nSPS) is 11.5. The topological polar surface area (TPSA) is 82.7 Å². The molecule has 0 fully saturated rings. The highest BCUT2D eigenvalue weighted by atomic mass is 32.1. The molecule has 1 aliphatic rings. The number of esters is 1. The molecule has 0 saturated carbocycles. The van der Waals surface area contributed by atoms with E-state index in [2.05, 4.69) is 4.98 Å². The molecule has 8 heteroatoms. The van der Waals surface area contributed by atoms with Crippen LogP contribution >= 0.6 is 11.3 Å². The van der Waals surface area contributed by atoms with Crippen molar-refractivity contribution in [2.45, 2.75) is 6.92 Å². The lowest BCUT2D eigenvalue weighted by Crippen LogP contribution is -2.25. The lowest BCUT2D eigenvalue weighted by molar-refractivity contribution is 0.0521. The van der Waals surface area contributed by atoms with Crippen molar-refractivity contribution in [1.82, 2.24) is 14.8 Å². The fourth-order valence-electron chi connectivity index (χ4n) is 4.75.